The number of aromatic nitrogens is 1. The van der Waals surface area contributed by atoms with Gasteiger partial charge in [-0.05, 0) is 24.3 Å². The van der Waals surface area contributed by atoms with Crippen molar-refractivity contribution in [3.8, 4) is 0 Å². The van der Waals surface area contributed by atoms with Crippen LogP contribution < -0.4 is 10.9 Å². The van der Waals surface area contributed by atoms with Crippen molar-refractivity contribution in [1.29, 1.82) is 0 Å². The smallest absolute Gasteiger partial charge is 0.253 e. The molecule has 0 aliphatic carbocycles. The molecule has 5 nitrogen and oxygen atoms in total. The van der Waals surface area contributed by atoms with Crippen LogP contribution in [-0.4, -0.2) is 30.1 Å². The Labute approximate surface area is 125 Å². The molecule has 2 N–H and O–H groups in total. The monoisotopic (exact) mass is 292 g/mol. The predicted octanol–water partition coefficient (Wildman–Crippen LogP) is 1.86. The molecule has 2 heterocycles. The van der Waals surface area contributed by atoms with Crippen LogP contribution in [0.15, 0.2) is 17.1 Å². The summed E-state index contributed by atoms with van der Waals surface area (Å²) in [5.41, 5.74) is 1.08. The Morgan fingerprint density at radius 1 is 1.48 bits per heavy atom. The lowest BCUT2D eigenvalue weighted by Crippen LogP contribution is -2.39. The first-order chi connectivity index (χ1) is 9.79. The van der Waals surface area contributed by atoms with Gasteiger partial charge in [-0.25, -0.2) is 0 Å². The summed E-state index contributed by atoms with van der Waals surface area (Å²) in [6, 6.07) is 1.44. The van der Waals surface area contributed by atoms with Gasteiger partial charge in [0.2, 0.25) is 5.56 Å². The number of aryl methyl sites for hydroxylation is 1. The minimum absolute atomic E-state index is 0.0692. The van der Waals surface area contributed by atoms with Gasteiger partial charge < -0.3 is 15.0 Å². The van der Waals surface area contributed by atoms with Crippen LogP contribution >= 0.6 is 0 Å². The maximum atomic E-state index is 12.2. The van der Waals surface area contributed by atoms with E-state index in [1.807, 2.05) is 0 Å². The molecular weight excluding hydrogens is 268 g/mol. The van der Waals surface area contributed by atoms with E-state index in [9.17, 15) is 9.59 Å². The van der Waals surface area contributed by atoms with E-state index in [0.717, 1.165) is 13.0 Å². The van der Waals surface area contributed by atoms with Gasteiger partial charge in [-0.2, -0.15) is 0 Å². The molecule has 116 valence electrons. The summed E-state index contributed by atoms with van der Waals surface area (Å²) >= 11 is 0. The van der Waals surface area contributed by atoms with E-state index in [2.05, 4.69) is 31.1 Å². The number of carbonyl (C=O) groups excluding carboxylic acids is 1. The Morgan fingerprint density at radius 2 is 2.19 bits per heavy atom. The molecule has 1 aliphatic heterocycles. The highest BCUT2D eigenvalue weighted by Gasteiger charge is 2.37. The standard InChI is InChI=1S/C16H24N2O3/c1-10-7-13(19)17-9-12(10)15(20)18-8-11-5-6-21-14(11)16(2,3)4/h7,9,11,14H,5-6,8H2,1-4H3,(H,17,19)(H,18,20)/t11-,14+/m1/s1. The maximum Gasteiger partial charge on any atom is 0.253 e. The molecule has 0 radical (unpaired) electrons. The Kier molecular flexibility index (Phi) is 4.52. The zero-order chi connectivity index (χ0) is 15.6. The quantitative estimate of drug-likeness (QED) is 0.893. The average Bonchev–Trinajstić information content (AvgIpc) is 2.84. The van der Waals surface area contributed by atoms with Gasteiger partial charge in [0.15, 0.2) is 0 Å². The highest BCUT2D eigenvalue weighted by atomic mass is 16.5. The number of rotatable bonds is 3. The van der Waals surface area contributed by atoms with E-state index in [4.69, 9.17) is 4.74 Å². The summed E-state index contributed by atoms with van der Waals surface area (Å²) in [7, 11) is 0. The predicted molar refractivity (Wildman–Crippen MR) is 81.4 cm³/mol. The second kappa shape index (κ2) is 6.02. The van der Waals surface area contributed by atoms with Crippen LogP contribution in [0.25, 0.3) is 0 Å². The lowest BCUT2D eigenvalue weighted by Gasteiger charge is -2.31. The third kappa shape index (κ3) is 3.73. The molecule has 0 bridgehead atoms. The number of hydrogen-bond acceptors (Lipinski definition) is 3. The molecule has 0 unspecified atom stereocenters. The van der Waals surface area contributed by atoms with Gasteiger partial charge in [0.25, 0.3) is 5.91 Å². The van der Waals surface area contributed by atoms with Crippen molar-refractivity contribution in [2.75, 3.05) is 13.2 Å². The Balaban J connectivity index is 1.99. The lowest BCUT2D eigenvalue weighted by molar-refractivity contribution is 0.00737. The van der Waals surface area contributed by atoms with Gasteiger partial charge >= 0.3 is 0 Å². The molecule has 0 spiro atoms. The third-order valence-electron chi connectivity index (χ3n) is 3.97. The lowest BCUT2D eigenvalue weighted by atomic mass is 9.81. The average molecular weight is 292 g/mol. The van der Waals surface area contributed by atoms with E-state index in [1.54, 1.807) is 6.92 Å². The molecule has 21 heavy (non-hydrogen) atoms. The van der Waals surface area contributed by atoms with E-state index in [0.29, 0.717) is 23.6 Å². The summed E-state index contributed by atoms with van der Waals surface area (Å²) in [4.78, 5) is 25.9. The van der Waals surface area contributed by atoms with Crippen LogP contribution in [0.4, 0.5) is 0 Å². The molecule has 1 fully saturated rings. The molecule has 2 rings (SSSR count). The molecule has 2 atom stereocenters. The zero-order valence-corrected chi connectivity index (χ0v) is 13.2. The van der Waals surface area contributed by atoms with E-state index in [-0.39, 0.29) is 23.0 Å². The summed E-state index contributed by atoms with van der Waals surface area (Å²) in [6.07, 6.45) is 2.60. The number of amides is 1. The van der Waals surface area contributed by atoms with Crippen LogP contribution in [-0.2, 0) is 4.74 Å². The zero-order valence-electron chi connectivity index (χ0n) is 13.2. The van der Waals surface area contributed by atoms with Crippen LogP contribution in [0, 0.1) is 18.3 Å². The Morgan fingerprint density at radius 3 is 2.81 bits per heavy atom. The Hall–Kier alpha value is -1.62. The van der Waals surface area contributed by atoms with Gasteiger partial charge in [-0.15, -0.1) is 0 Å². The largest absolute Gasteiger partial charge is 0.377 e. The second-order valence-corrected chi connectivity index (χ2v) is 6.81. The van der Waals surface area contributed by atoms with Gasteiger partial charge in [0.1, 0.15) is 0 Å². The molecule has 0 saturated carbocycles. The maximum absolute atomic E-state index is 12.2. The number of pyridine rings is 1. The van der Waals surface area contributed by atoms with E-state index in [1.165, 1.54) is 12.3 Å². The molecule has 1 aromatic heterocycles. The van der Waals surface area contributed by atoms with Crippen LogP contribution in [0.3, 0.4) is 0 Å². The van der Waals surface area contributed by atoms with Crippen molar-refractivity contribution in [1.82, 2.24) is 10.3 Å². The first-order valence-corrected chi connectivity index (χ1v) is 7.38. The SMILES string of the molecule is Cc1cc(=O)[nH]cc1C(=O)NC[C@H]1CCO[C@@H]1C(C)(C)C. The summed E-state index contributed by atoms with van der Waals surface area (Å²) in [6.45, 7) is 9.58. The van der Waals surface area contributed by atoms with E-state index < -0.39 is 0 Å². The van der Waals surface area contributed by atoms with Crippen LogP contribution in [0.1, 0.15) is 43.1 Å². The van der Waals surface area contributed by atoms with Gasteiger partial charge in [-0.3, -0.25) is 9.59 Å². The number of H-pyrrole nitrogens is 1. The fraction of sp³-hybridized carbons (Fsp3) is 0.625. The van der Waals surface area contributed by atoms with Crippen LogP contribution in [0.2, 0.25) is 0 Å². The first-order valence-electron chi connectivity index (χ1n) is 7.38. The summed E-state index contributed by atoms with van der Waals surface area (Å²) < 4.78 is 5.81. The molecule has 1 amide bonds. The molecular formula is C16H24N2O3. The normalized spacial score (nSPS) is 22.3. The van der Waals surface area contributed by atoms with Gasteiger partial charge in [0, 0.05) is 31.3 Å². The highest BCUT2D eigenvalue weighted by molar-refractivity contribution is 5.95. The topological polar surface area (TPSA) is 71.2 Å². The van der Waals surface area contributed by atoms with Crippen molar-refractivity contribution < 1.29 is 9.53 Å². The number of aromatic amines is 1. The number of carbonyl (C=O) groups is 1. The molecule has 1 aromatic rings. The highest BCUT2D eigenvalue weighted by Crippen LogP contribution is 2.34. The second-order valence-electron chi connectivity index (χ2n) is 6.81. The van der Waals surface area contributed by atoms with Crippen molar-refractivity contribution in [2.45, 2.75) is 40.2 Å². The first kappa shape index (κ1) is 15.8. The number of hydrogen-bond donors (Lipinski definition) is 2. The molecule has 5 heteroatoms. The van der Waals surface area contributed by atoms with Crippen molar-refractivity contribution in [3.63, 3.8) is 0 Å². The van der Waals surface area contributed by atoms with Crippen molar-refractivity contribution >= 4 is 5.91 Å². The summed E-state index contributed by atoms with van der Waals surface area (Å²) in [5.74, 6) is 0.181. The summed E-state index contributed by atoms with van der Waals surface area (Å²) in [5, 5.41) is 2.96. The number of nitrogens with one attached hydrogen (secondary N) is 2. The fourth-order valence-corrected chi connectivity index (χ4v) is 2.94. The Bertz CT molecular complexity index is 572. The fourth-order valence-electron chi connectivity index (χ4n) is 2.94. The van der Waals surface area contributed by atoms with E-state index >= 15 is 0 Å². The minimum Gasteiger partial charge on any atom is -0.377 e. The minimum atomic E-state index is -0.193. The van der Waals surface area contributed by atoms with Crippen LogP contribution in [0.5, 0.6) is 0 Å². The van der Waals surface area contributed by atoms with Gasteiger partial charge in [0.05, 0.1) is 11.7 Å². The third-order valence-corrected chi connectivity index (χ3v) is 3.97. The molecule has 1 aliphatic rings. The van der Waals surface area contributed by atoms with Gasteiger partial charge in [-0.1, -0.05) is 20.8 Å². The number of ether oxygens (including phenoxy) is 1. The molecule has 0 aromatic carbocycles. The van der Waals surface area contributed by atoms with Crippen molar-refractivity contribution in [2.24, 2.45) is 11.3 Å². The molecule has 1 saturated heterocycles. The van der Waals surface area contributed by atoms with Crippen molar-refractivity contribution in [3.05, 3.63) is 33.7 Å².